The van der Waals surface area contributed by atoms with Crippen molar-refractivity contribution in [1.82, 2.24) is 0 Å². The molecule has 1 N–H and O–H groups in total. The quantitative estimate of drug-likeness (QED) is 0.860. The van der Waals surface area contributed by atoms with Crippen molar-refractivity contribution in [3.05, 3.63) is 29.6 Å². The third kappa shape index (κ3) is 2.50. The summed E-state index contributed by atoms with van der Waals surface area (Å²) in [7, 11) is 0. The molecule has 0 spiro atoms. The van der Waals surface area contributed by atoms with Gasteiger partial charge in [-0.05, 0) is 25.1 Å². The van der Waals surface area contributed by atoms with Crippen LogP contribution in [0.4, 0.5) is 10.1 Å². The Labute approximate surface area is 99.5 Å². The van der Waals surface area contributed by atoms with Crippen LogP contribution in [-0.4, -0.2) is 29.7 Å². The predicted molar refractivity (Wildman–Crippen MR) is 66.6 cm³/mol. The summed E-state index contributed by atoms with van der Waals surface area (Å²) in [5, 5.41) is 9.66. The number of thioether (sulfide) groups is 1. The van der Waals surface area contributed by atoms with Crippen LogP contribution in [0, 0.1) is 5.82 Å². The van der Waals surface area contributed by atoms with E-state index in [1.807, 2.05) is 11.8 Å². The molecule has 16 heavy (non-hydrogen) atoms. The lowest BCUT2D eigenvalue weighted by molar-refractivity contribution is 0.199. The van der Waals surface area contributed by atoms with Crippen molar-refractivity contribution in [3.8, 4) is 0 Å². The maximum atomic E-state index is 13.1. The predicted octanol–water partition coefficient (Wildman–Crippen LogP) is 2.43. The molecule has 1 atom stereocenters. The summed E-state index contributed by atoms with van der Waals surface area (Å²) in [4.78, 5) is 2.22. The standard InChI is InChI=1S/C12H16FNOS/c1-9(15)11-8-10(13)2-3-12(11)14-4-6-16-7-5-14/h2-3,8-9,15H,4-7H2,1H3/t9-/m0/s1. The van der Waals surface area contributed by atoms with Crippen molar-refractivity contribution in [1.29, 1.82) is 0 Å². The van der Waals surface area contributed by atoms with Crippen LogP contribution in [-0.2, 0) is 0 Å². The first-order valence-electron chi connectivity index (χ1n) is 5.48. The first-order valence-corrected chi connectivity index (χ1v) is 6.64. The van der Waals surface area contributed by atoms with Gasteiger partial charge >= 0.3 is 0 Å². The molecule has 1 aromatic carbocycles. The second-order valence-electron chi connectivity index (χ2n) is 3.98. The first kappa shape index (κ1) is 11.7. The van der Waals surface area contributed by atoms with Gasteiger partial charge in [-0.1, -0.05) is 0 Å². The average Bonchev–Trinajstić information content (AvgIpc) is 2.30. The molecule has 1 fully saturated rings. The van der Waals surface area contributed by atoms with E-state index in [-0.39, 0.29) is 5.82 Å². The van der Waals surface area contributed by atoms with Gasteiger partial charge in [0.25, 0.3) is 0 Å². The molecule has 1 aliphatic heterocycles. The number of halogens is 1. The van der Waals surface area contributed by atoms with Gasteiger partial charge in [0.2, 0.25) is 0 Å². The van der Waals surface area contributed by atoms with Crippen LogP contribution >= 0.6 is 11.8 Å². The Bertz CT molecular complexity index is 364. The van der Waals surface area contributed by atoms with Crippen molar-refractivity contribution in [3.63, 3.8) is 0 Å². The van der Waals surface area contributed by atoms with Gasteiger partial charge in [-0.25, -0.2) is 4.39 Å². The molecular formula is C12H16FNOS. The van der Waals surface area contributed by atoms with Gasteiger partial charge in [-0.2, -0.15) is 11.8 Å². The van der Waals surface area contributed by atoms with Gasteiger partial charge in [0.15, 0.2) is 0 Å². The third-order valence-corrected chi connectivity index (χ3v) is 3.73. The smallest absolute Gasteiger partial charge is 0.123 e. The van der Waals surface area contributed by atoms with Crippen molar-refractivity contribution >= 4 is 17.4 Å². The van der Waals surface area contributed by atoms with E-state index in [1.165, 1.54) is 12.1 Å². The summed E-state index contributed by atoms with van der Waals surface area (Å²) in [5.41, 5.74) is 1.66. The van der Waals surface area contributed by atoms with E-state index >= 15 is 0 Å². The lowest BCUT2D eigenvalue weighted by Crippen LogP contribution is -2.33. The molecule has 0 amide bonds. The van der Waals surface area contributed by atoms with Crippen LogP contribution in [0.25, 0.3) is 0 Å². The van der Waals surface area contributed by atoms with E-state index in [4.69, 9.17) is 0 Å². The topological polar surface area (TPSA) is 23.5 Å². The Hall–Kier alpha value is -0.740. The average molecular weight is 241 g/mol. The fourth-order valence-corrected chi connectivity index (χ4v) is 2.86. The SMILES string of the molecule is C[C@H](O)c1cc(F)ccc1N1CCSCC1. The molecule has 0 bridgehead atoms. The second-order valence-corrected chi connectivity index (χ2v) is 5.20. The monoisotopic (exact) mass is 241 g/mol. The van der Waals surface area contributed by atoms with Crippen LogP contribution in [0.3, 0.4) is 0 Å². The molecule has 88 valence electrons. The van der Waals surface area contributed by atoms with Gasteiger partial charge in [0.05, 0.1) is 6.10 Å². The van der Waals surface area contributed by atoms with Crippen LogP contribution in [0.1, 0.15) is 18.6 Å². The minimum absolute atomic E-state index is 0.286. The zero-order valence-electron chi connectivity index (χ0n) is 9.32. The maximum absolute atomic E-state index is 13.1. The van der Waals surface area contributed by atoms with E-state index in [1.54, 1.807) is 13.0 Å². The highest BCUT2D eigenvalue weighted by Crippen LogP contribution is 2.29. The molecule has 1 aliphatic rings. The molecule has 2 nitrogen and oxygen atoms in total. The lowest BCUT2D eigenvalue weighted by atomic mass is 10.1. The summed E-state index contributed by atoms with van der Waals surface area (Å²) < 4.78 is 13.1. The highest BCUT2D eigenvalue weighted by atomic mass is 32.2. The van der Waals surface area contributed by atoms with Crippen LogP contribution in [0.2, 0.25) is 0 Å². The molecule has 0 radical (unpaired) electrons. The number of benzene rings is 1. The number of rotatable bonds is 2. The molecule has 1 heterocycles. The fourth-order valence-electron chi connectivity index (χ4n) is 1.95. The number of aliphatic hydroxyl groups excluding tert-OH is 1. The molecular weight excluding hydrogens is 225 g/mol. The molecule has 1 aromatic rings. The molecule has 0 aliphatic carbocycles. The number of anilines is 1. The Morgan fingerprint density at radius 2 is 2.06 bits per heavy atom. The number of aliphatic hydroxyl groups is 1. The Morgan fingerprint density at radius 3 is 2.69 bits per heavy atom. The summed E-state index contributed by atoms with van der Waals surface area (Å²) in [5.74, 6) is 1.90. The van der Waals surface area contributed by atoms with E-state index in [0.29, 0.717) is 5.56 Å². The van der Waals surface area contributed by atoms with E-state index in [9.17, 15) is 9.50 Å². The maximum Gasteiger partial charge on any atom is 0.123 e. The first-order chi connectivity index (χ1) is 7.68. The number of hydrogen-bond donors (Lipinski definition) is 1. The zero-order valence-corrected chi connectivity index (χ0v) is 10.1. The Kier molecular flexibility index (Phi) is 3.71. The van der Waals surface area contributed by atoms with Gasteiger partial charge in [0.1, 0.15) is 5.82 Å². The van der Waals surface area contributed by atoms with E-state index < -0.39 is 6.10 Å². The van der Waals surface area contributed by atoms with Gasteiger partial charge < -0.3 is 10.0 Å². The molecule has 1 saturated heterocycles. The van der Waals surface area contributed by atoms with Crippen molar-refractivity contribution in [2.24, 2.45) is 0 Å². The highest BCUT2D eigenvalue weighted by Gasteiger charge is 2.17. The number of hydrogen-bond acceptors (Lipinski definition) is 3. The number of nitrogens with zero attached hydrogens (tertiary/aromatic N) is 1. The largest absolute Gasteiger partial charge is 0.389 e. The minimum Gasteiger partial charge on any atom is -0.389 e. The summed E-state index contributed by atoms with van der Waals surface area (Å²) >= 11 is 1.93. The van der Waals surface area contributed by atoms with Crippen molar-refractivity contribution in [2.45, 2.75) is 13.0 Å². The Morgan fingerprint density at radius 1 is 1.38 bits per heavy atom. The summed E-state index contributed by atoms with van der Waals surface area (Å²) in [6.45, 7) is 3.61. The second kappa shape index (κ2) is 5.06. The van der Waals surface area contributed by atoms with Gasteiger partial charge in [-0.15, -0.1) is 0 Å². The van der Waals surface area contributed by atoms with Crippen molar-refractivity contribution in [2.75, 3.05) is 29.5 Å². The Balaban J connectivity index is 2.31. The molecule has 0 aromatic heterocycles. The van der Waals surface area contributed by atoms with Gasteiger partial charge in [-0.3, -0.25) is 0 Å². The molecule has 2 rings (SSSR count). The lowest BCUT2D eigenvalue weighted by Gasteiger charge is -2.31. The molecule has 0 unspecified atom stereocenters. The third-order valence-electron chi connectivity index (χ3n) is 2.79. The molecule has 0 saturated carbocycles. The fraction of sp³-hybridized carbons (Fsp3) is 0.500. The summed E-state index contributed by atoms with van der Waals surface area (Å²) in [6, 6.07) is 4.66. The van der Waals surface area contributed by atoms with E-state index in [2.05, 4.69) is 4.90 Å². The summed E-state index contributed by atoms with van der Waals surface area (Å²) in [6.07, 6.45) is -0.625. The van der Waals surface area contributed by atoms with E-state index in [0.717, 1.165) is 30.3 Å². The van der Waals surface area contributed by atoms with Crippen LogP contribution < -0.4 is 4.90 Å². The normalized spacial score (nSPS) is 18.6. The van der Waals surface area contributed by atoms with Gasteiger partial charge in [0, 0.05) is 35.8 Å². The van der Waals surface area contributed by atoms with Crippen LogP contribution in [0.5, 0.6) is 0 Å². The zero-order chi connectivity index (χ0) is 11.5. The minimum atomic E-state index is -0.625. The molecule has 4 heteroatoms. The van der Waals surface area contributed by atoms with Crippen LogP contribution in [0.15, 0.2) is 18.2 Å². The van der Waals surface area contributed by atoms with Crippen molar-refractivity contribution < 1.29 is 9.50 Å². The highest BCUT2D eigenvalue weighted by molar-refractivity contribution is 7.99.